The summed E-state index contributed by atoms with van der Waals surface area (Å²) in [6.45, 7) is 7.70. The van der Waals surface area contributed by atoms with Crippen LogP contribution in [-0.2, 0) is 0 Å². The molecule has 5 N–H and O–H groups in total. The summed E-state index contributed by atoms with van der Waals surface area (Å²) in [5, 5.41) is 10.1. The van der Waals surface area contributed by atoms with Gasteiger partial charge in [-0.05, 0) is 50.5 Å². The smallest absolute Gasteiger partial charge is 0.269 e. The highest BCUT2D eigenvalue weighted by molar-refractivity contribution is 6.07. The van der Waals surface area contributed by atoms with Crippen LogP contribution < -0.4 is 11.5 Å². The molecule has 1 aromatic carbocycles. The second kappa shape index (κ2) is 5.77. The van der Waals surface area contributed by atoms with Gasteiger partial charge in [0.1, 0.15) is 11.3 Å². The standard InChI is InChI=1S/C18H21N5O2/c1-8(2)23-7-21-15-13(12-9(3)5-6-11(24)10(12)4)14(19)16(17(20)25)22-18(15)23/h5-8,24H,19H2,1-4H3,(H2,20,25). The van der Waals surface area contributed by atoms with Crippen LogP contribution in [0.4, 0.5) is 5.69 Å². The lowest BCUT2D eigenvalue weighted by Crippen LogP contribution is -2.17. The Morgan fingerprint density at radius 2 is 1.92 bits per heavy atom. The molecule has 2 heterocycles. The molecule has 3 aromatic rings. The third-order valence-electron chi connectivity index (χ3n) is 4.43. The molecule has 0 spiro atoms. The number of carbonyl (C=O) groups excluding carboxylic acids is 1. The number of benzene rings is 1. The number of aromatic nitrogens is 3. The van der Waals surface area contributed by atoms with Crippen molar-refractivity contribution in [2.45, 2.75) is 33.7 Å². The number of aromatic hydroxyl groups is 1. The summed E-state index contributed by atoms with van der Waals surface area (Å²) in [5.74, 6) is -0.554. The van der Waals surface area contributed by atoms with Crippen molar-refractivity contribution in [3.8, 4) is 16.9 Å². The van der Waals surface area contributed by atoms with Crippen molar-refractivity contribution in [1.29, 1.82) is 0 Å². The Balaban J connectivity index is 2.53. The van der Waals surface area contributed by atoms with Crippen molar-refractivity contribution < 1.29 is 9.90 Å². The van der Waals surface area contributed by atoms with Crippen LogP contribution in [0.2, 0.25) is 0 Å². The van der Waals surface area contributed by atoms with E-state index in [4.69, 9.17) is 11.5 Å². The lowest BCUT2D eigenvalue weighted by atomic mass is 9.93. The number of fused-ring (bicyclic) bond motifs is 1. The Morgan fingerprint density at radius 3 is 2.52 bits per heavy atom. The highest BCUT2D eigenvalue weighted by Gasteiger charge is 2.24. The normalized spacial score (nSPS) is 11.4. The van der Waals surface area contributed by atoms with Crippen LogP contribution in [-0.4, -0.2) is 25.5 Å². The average molecular weight is 339 g/mol. The Hall–Kier alpha value is -3.09. The van der Waals surface area contributed by atoms with Gasteiger partial charge in [-0.1, -0.05) is 6.07 Å². The number of hydrogen-bond donors (Lipinski definition) is 3. The first-order valence-electron chi connectivity index (χ1n) is 7.99. The first-order valence-corrected chi connectivity index (χ1v) is 7.99. The molecule has 0 fully saturated rings. The van der Waals surface area contributed by atoms with Crippen LogP contribution in [0.1, 0.15) is 41.5 Å². The van der Waals surface area contributed by atoms with Crippen LogP contribution in [0.15, 0.2) is 18.5 Å². The molecule has 7 heteroatoms. The van der Waals surface area contributed by atoms with Gasteiger partial charge in [-0.15, -0.1) is 0 Å². The number of nitrogens with two attached hydrogens (primary N) is 2. The van der Waals surface area contributed by atoms with Gasteiger partial charge in [0.2, 0.25) is 0 Å². The van der Waals surface area contributed by atoms with Gasteiger partial charge in [0, 0.05) is 11.6 Å². The molecule has 0 radical (unpaired) electrons. The molecule has 0 saturated carbocycles. The van der Waals surface area contributed by atoms with Crippen molar-refractivity contribution in [3.63, 3.8) is 0 Å². The molecule has 0 saturated heterocycles. The van der Waals surface area contributed by atoms with E-state index in [1.54, 1.807) is 25.4 Å². The van der Waals surface area contributed by atoms with E-state index in [0.717, 1.165) is 11.1 Å². The van der Waals surface area contributed by atoms with Gasteiger partial charge in [-0.25, -0.2) is 9.97 Å². The molecule has 1 amide bonds. The number of pyridine rings is 1. The molecule has 0 unspecified atom stereocenters. The SMILES string of the molecule is Cc1ccc(O)c(C)c1-c1c(N)c(C(N)=O)nc2c1ncn2C(C)C. The number of carbonyl (C=O) groups is 1. The summed E-state index contributed by atoms with van der Waals surface area (Å²) in [5.41, 5.74) is 15.9. The van der Waals surface area contributed by atoms with Crippen molar-refractivity contribution >= 4 is 22.8 Å². The molecule has 0 aliphatic rings. The highest BCUT2D eigenvalue weighted by atomic mass is 16.3. The van der Waals surface area contributed by atoms with Gasteiger partial charge < -0.3 is 21.1 Å². The van der Waals surface area contributed by atoms with E-state index in [2.05, 4.69) is 9.97 Å². The number of phenolic OH excluding ortho intramolecular Hbond substituents is 1. The summed E-state index contributed by atoms with van der Waals surface area (Å²) in [7, 11) is 0. The van der Waals surface area contributed by atoms with Crippen LogP contribution in [0.25, 0.3) is 22.3 Å². The third-order valence-corrected chi connectivity index (χ3v) is 4.43. The molecule has 0 bridgehead atoms. The maximum atomic E-state index is 11.9. The number of amides is 1. The Kier molecular flexibility index (Phi) is 3.87. The minimum absolute atomic E-state index is 0.00652. The second-order valence-electron chi connectivity index (χ2n) is 6.43. The number of primary amides is 1. The van der Waals surface area contributed by atoms with Crippen molar-refractivity contribution in [2.75, 3.05) is 5.73 Å². The monoisotopic (exact) mass is 339 g/mol. The lowest BCUT2D eigenvalue weighted by molar-refractivity contribution is 0.0997. The zero-order chi connectivity index (χ0) is 18.5. The number of anilines is 1. The van der Waals surface area contributed by atoms with Gasteiger partial charge in [-0.2, -0.15) is 0 Å². The predicted molar refractivity (Wildman–Crippen MR) is 97.4 cm³/mol. The van der Waals surface area contributed by atoms with E-state index < -0.39 is 5.91 Å². The maximum absolute atomic E-state index is 11.9. The second-order valence-corrected chi connectivity index (χ2v) is 6.43. The van der Waals surface area contributed by atoms with Crippen LogP contribution >= 0.6 is 0 Å². The van der Waals surface area contributed by atoms with Crippen molar-refractivity contribution in [1.82, 2.24) is 14.5 Å². The number of nitrogens with zero attached hydrogens (tertiary/aromatic N) is 3. The van der Waals surface area contributed by atoms with Gasteiger partial charge in [0.25, 0.3) is 5.91 Å². The molecule has 0 aliphatic carbocycles. The quantitative estimate of drug-likeness (QED) is 0.677. The molecule has 3 rings (SSSR count). The summed E-state index contributed by atoms with van der Waals surface area (Å²) < 4.78 is 1.86. The number of phenols is 1. The van der Waals surface area contributed by atoms with E-state index in [-0.39, 0.29) is 23.2 Å². The summed E-state index contributed by atoms with van der Waals surface area (Å²) in [6.07, 6.45) is 1.67. The number of nitrogen functional groups attached to an aromatic ring is 1. The Bertz CT molecular complexity index is 1000. The van der Waals surface area contributed by atoms with Gasteiger partial charge in [0.15, 0.2) is 11.3 Å². The molecular weight excluding hydrogens is 318 g/mol. The van der Waals surface area contributed by atoms with E-state index in [1.807, 2.05) is 25.3 Å². The topological polar surface area (TPSA) is 120 Å². The third kappa shape index (κ3) is 2.48. The molecule has 2 aromatic heterocycles. The van der Waals surface area contributed by atoms with Gasteiger partial charge in [0.05, 0.1) is 12.0 Å². The number of rotatable bonds is 3. The van der Waals surface area contributed by atoms with Gasteiger partial charge in [-0.3, -0.25) is 4.79 Å². The minimum Gasteiger partial charge on any atom is -0.508 e. The fourth-order valence-electron chi connectivity index (χ4n) is 3.09. The van der Waals surface area contributed by atoms with Crippen LogP contribution in [0.3, 0.4) is 0 Å². The highest BCUT2D eigenvalue weighted by Crippen LogP contribution is 2.40. The van der Waals surface area contributed by atoms with E-state index >= 15 is 0 Å². The molecular formula is C18H21N5O2. The molecule has 130 valence electrons. The first kappa shape index (κ1) is 16.8. The van der Waals surface area contributed by atoms with E-state index in [0.29, 0.717) is 22.3 Å². The number of imidazole rings is 1. The molecule has 0 atom stereocenters. The van der Waals surface area contributed by atoms with E-state index in [9.17, 15) is 9.90 Å². The fourth-order valence-corrected chi connectivity index (χ4v) is 3.09. The number of aryl methyl sites for hydroxylation is 1. The minimum atomic E-state index is -0.701. The summed E-state index contributed by atoms with van der Waals surface area (Å²) in [4.78, 5) is 20.7. The van der Waals surface area contributed by atoms with Crippen LogP contribution in [0.5, 0.6) is 5.75 Å². The van der Waals surface area contributed by atoms with Crippen molar-refractivity contribution in [2.24, 2.45) is 5.73 Å². The Morgan fingerprint density at radius 1 is 1.24 bits per heavy atom. The van der Waals surface area contributed by atoms with Gasteiger partial charge >= 0.3 is 0 Å². The largest absolute Gasteiger partial charge is 0.508 e. The van der Waals surface area contributed by atoms with Crippen molar-refractivity contribution in [3.05, 3.63) is 35.3 Å². The average Bonchev–Trinajstić information content (AvgIpc) is 2.96. The zero-order valence-electron chi connectivity index (χ0n) is 14.7. The number of hydrogen-bond acceptors (Lipinski definition) is 5. The first-order chi connectivity index (χ1) is 11.7. The molecule has 7 nitrogen and oxygen atoms in total. The summed E-state index contributed by atoms with van der Waals surface area (Å²) >= 11 is 0. The maximum Gasteiger partial charge on any atom is 0.269 e. The molecule has 0 aliphatic heterocycles. The molecule has 25 heavy (non-hydrogen) atoms. The summed E-state index contributed by atoms with van der Waals surface area (Å²) in [6, 6.07) is 3.53. The zero-order valence-corrected chi connectivity index (χ0v) is 14.7. The Labute approximate surface area is 145 Å². The van der Waals surface area contributed by atoms with E-state index in [1.165, 1.54) is 0 Å². The lowest BCUT2D eigenvalue weighted by Gasteiger charge is -2.16. The predicted octanol–water partition coefficient (Wildman–Crippen LogP) is 2.68. The fraction of sp³-hybridized carbons (Fsp3) is 0.278. The van der Waals surface area contributed by atoms with Crippen LogP contribution in [0, 0.1) is 13.8 Å².